The van der Waals surface area contributed by atoms with Crippen LogP contribution in [0, 0.1) is 0 Å². The van der Waals surface area contributed by atoms with Crippen LogP contribution in [0.2, 0.25) is 0 Å². The highest BCUT2D eigenvalue weighted by Crippen LogP contribution is 2.22. The Kier molecular flexibility index (Phi) is 6.20. The van der Waals surface area contributed by atoms with Crippen molar-refractivity contribution in [3.63, 3.8) is 0 Å². The Morgan fingerprint density at radius 1 is 0.958 bits per heavy atom. The molecule has 24 heavy (non-hydrogen) atoms. The molecular weight excluding hydrogens is 310 g/mol. The third kappa shape index (κ3) is 7.32. The van der Waals surface area contributed by atoms with Crippen LogP contribution in [0.3, 0.4) is 0 Å². The lowest BCUT2D eigenvalue weighted by Gasteiger charge is -2.21. The SMILES string of the molecule is CC(C)(C)OC(=O)Nc1ccc(NC(=O)OC(C)(C)C)c(CN)c1. The molecule has 4 N–H and O–H groups in total. The summed E-state index contributed by atoms with van der Waals surface area (Å²) in [6, 6.07) is 4.98. The molecule has 0 unspecified atom stereocenters. The first-order valence-corrected chi connectivity index (χ1v) is 7.72. The maximum Gasteiger partial charge on any atom is 0.412 e. The molecule has 0 fully saturated rings. The minimum Gasteiger partial charge on any atom is -0.444 e. The molecule has 7 heteroatoms. The van der Waals surface area contributed by atoms with E-state index in [-0.39, 0.29) is 6.54 Å². The summed E-state index contributed by atoms with van der Waals surface area (Å²) in [5, 5.41) is 5.28. The van der Waals surface area contributed by atoms with E-state index < -0.39 is 23.4 Å². The summed E-state index contributed by atoms with van der Waals surface area (Å²) < 4.78 is 10.4. The Hall–Kier alpha value is -2.28. The molecule has 2 amide bonds. The molecule has 0 aromatic heterocycles. The number of nitrogens with one attached hydrogen (secondary N) is 2. The molecule has 134 valence electrons. The van der Waals surface area contributed by atoms with Gasteiger partial charge >= 0.3 is 12.2 Å². The first-order valence-electron chi connectivity index (χ1n) is 7.72. The molecule has 0 aliphatic rings. The van der Waals surface area contributed by atoms with Gasteiger partial charge in [-0.2, -0.15) is 0 Å². The third-order valence-electron chi connectivity index (χ3n) is 2.61. The van der Waals surface area contributed by atoms with E-state index in [9.17, 15) is 9.59 Å². The van der Waals surface area contributed by atoms with Gasteiger partial charge in [0.2, 0.25) is 0 Å². The van der Waals surface area contributed by atoms with Crippen LogP contribution in [-0.2, 0) is 16.0 Å². The minimum absolute atomic E-state index is 0.189. The molecule has 0 radical (unpaired) electrons. The number of anilines is 2. The van der Waals surface area contributed by atoms with E-state index in [0.29, 0.717) is 16.9 Å². The van der Waals surface area contributed by atoms with Gasteiger partial charge in [0, 0.05) is 17.9 Å². The van der Waals surface area contributed by atoms with Crippen LogP contribution in [0.1, 0.15) is 47.1 Å². The van der Waals surface area contributed by atoms with Crippen molar-refractivity contribution in [1.29, 1.82) is 0 Å². The molecule has 0 bridgehead atoms. The summed E-state index contributed by atoms with van der Waals surface area (Å²) in [6.07, 6.45) is -1.12. The monoisotopic (exact) mass is 337 g/mol. The molecule has 0 spiro atoms. The van der Waals surface area contributed by atoms with Gasteiger partial charge in [0.25, 0.3) is 0 Å². The fraction of sp³-hybridized carbons (Fsp3) is 0.529. The van der Waals surface area contributed by atoms with Gasteiger partial charge in [-0.3, -0.25) is 10.6 Å². The Morgan fingerprint density at radius 3 is 1.92 bits per heavy atom. The minimum atomic E-state index is -0.592. The van der Waals surface area contributed by atoms with Gasteiger partial charge in [-0.05, 0) is 65.3 Å². The highest BCUT2D eigenvalue weighted by Gasteiger charge is 2.18. The van der Waals surface area contributed by atoms with Gasteiger partial charge in [-0.25, -0.2) is 9.59 Å². The zero-order valence-corrected chi connectivity index (χ0v) is 15.1. The van der Waals surface area contributed by atoms with Crippen molar-refractivity contribution in [1.82, 2.24) is 0 Å². The average molecular weight is 337 g/mol. The number of hydrogen-bond donors (Lipinski definition) is 3. The van der Waals surface area contributed by atoms with Crippen molar-refractivity contribution in [3.8, 4) is 0 Å². The predicted molar refractivity (Wildman–Crippen MR) is 94.0 cm³/mol. The molecule has 1 aromatic carbocycles. The highest BCUT2D eigenvalue weighted by molar-refractivity contribution is 5.88. The second kappa shape index (κ2) is 7.53. The lowest BCUT2D eigenvalue weighted by molar-refractivity contribution is 0.0624. The van der Waals surface area contributed by atoms with E-state index >= 15 is 0 Å². The Balaban J connectivity index is 2.82. The van der Waals surface area contributed by atoms with Crippen LogP contribution in [0.5, 0.6) is 0 Å². The summed E-state index contributed by atoms with van der Waals surface area (Å²) >= 11 is 0. The van der Waals surface area contributed by atoms with Crippen molar-refractivity contribution in [2.75, 3.05) is 10.6 Å². The highest BCUT2D eigenvalue weighted by atomic mass is 16.6. The Labute approximate surface area is 142 Å². The largest absolute Gasteiger partial charge is 0.444 e. The third-order valence-corrected chi connectivity index (χ3v) is 2.61. The maximum absolute atomic E-state index is 11.9. The van der Waals surface area contributed by atoms with E-state index in [2.05, 4.69) is 10.6 Å². The molecule has 1 rings (SSSR count). The summed E-state index contributed by atoms with van der Waals surface area (Å²) in [5.74, 6) is 0. The standard InChI is InChI=1S/C17H27N3O4/c1-16(2,3)23-14(21)19-12-7-8-13(11(9-12)10-18)20-15(22)24-17(4,5)6/h7-9H,10,18H2,1-6H3,(H,19,21)(H,20,22). The van der Waals surface area contributed by atoms with Gasteiger partial charge in [0.05, 0.1) is 0 Å². The quantitative estimate of drug-likeness (QED) is 0.777. The van der Waals surface area contributed by atoms with Gasteiger partial charge < -0.3 is 15.2 Å². The van der Waals surface area contributed by atoms with Crippen LogP contribution in [-0.4, -0.2) is 23.4 Å². The summed E-state index contributed by atoms with van der Waals surface area (Å²) in [4.78, 5) is 23.6. The number of ether oxygens (including phenoxy) is 2. The number of carbonyl (C=O) groups is 2. The van der Waals surface area contributed by atoms with Crippen LogP contribution in [0.4, 0.5) is 21.0 Å². The van der Waals surface area contributed by atoms with E-state index in [0.717, 1.165) is 0 Å². The first-order chi connectivity index (χ1) is 10.9. The van der Waals surface area contributed by atoms with Crippen LogP contribution < -0.4 is 16.4 Å². The zero-order chi connectivity index (χ0) is 18.5. The number of hydrogen-bond acceptors (Lipinski definition) is 5. The molecule has 0 saturated carbocycles. The fourth-order valence-corrected chi connectivity index (χ4v) is 1.80. The van der Waals surface area contributed by atoms with Crippen LogP contribution in [0.25, 0.3) is 0 Å². The van der Waals surface area contributed by atoms with Crippen LogP contribution >= 0.6 is 0 Å². The molecule has 1 aromatic rings. The fourth-order valence-electron chi connectivity index (χ4n) is 1.80. The van der Waals surface area contributed by atoms with Crippen molar-refractivity contribution in [2.45, 2.75) is 59.3 Å². The van der Waals surface area contributed by atoms with E-state index in [4.69, 9.17) is 15.2 Å². The van der Waals surface area contributed by atoms with Crippen molar-refractivity contribution >= 4 is 23.6 Å². The van der Waals surface area contributed by atoms with Crippen molar-refractivity contribution < 1.29 is 19.1 Å². The summed E-state index contributed by atoms with van der Waals surface area (Å²) in [5.41, 5.74) is 6.26. The predicted octanol–water partition coefficient (Wildman–Crippen LogP) is 3.84. The first kappa shape index (κ1) is 19.8. The Morgan fingerprint density at radius 2 is 1.46 bits per heavy atom. The normalized spacial score (nSPS) is 11.6. The van der Waals surface area contributed by atoms with Crippen molar-refractivity contribution in [3.05, 3.63) is 23.8 Å². The smallest absolute Gasteiger partial charge is 0.412 e. The zero-order valence-electron chi connectivity index (χ0n) is 15.1. The van der Waals surface area contributed by atoms with E-state index in [1.54, 1.807) is 59.7 Å². The molecular formula is C17H27N3O4. The average Bonchev–Trinajstić information content (AvgIpc) is 2.35. The summed E-state index contributed by atoms with van der Waals surface area (Å²) in [6.45, 7) is 10.9. The molecule has 0 saturated heterocycles. The number of rotatable bonds is 3. The van der Waals surface area contributed by atoms with Crippen molar-refractivity contribution in [2.24, 2.45) is 5.73 Å². The van der Waals surface area contributed by atoms with Gasteiger partial charge in [-0.1, -0.05) is 0 Å². The Bertz CT molecular complexity index is 601. The number of amides is 2. The lowest BCUT2D eigenvalue weighted by Crippen LogP contribution is -2.28. The van der Waals surface area contributed by atoms with Crippen LogP contribution in [0.15, 0.2) is 18.2 Å². The molecule has 0 aliphatic carbocycles. The van der Waals surface area contributed by atoms with Gasteiger partial charge in [0.15, 0.2) is 0 Å². The topological polar surface area (TPSA) is 103 Å². The molecule has 0 atom stereocenters. The molecule has 0 heterocycles. The van der Waals surface area contributed by atoms with Gasteiger partial charge in [-0.15, -0.1) is 0 Å². The molecule has 0 aliphatic heterocycles. The van der Waals surface area contributed by atoms with Gasteiger partial charge in [0.1, 0.15) is 11.2 Å². The number of carbonyl (C=O) groups excluding carboxylic acids is 2. The maximum atomic E-state index is 11.9. The number of nitrogens with two attached hydrogens (primary N) is 1. The summed E-state index contributed by atoms with van der Waals surface area (Å²) in [7, 11) is 0. The molecule has 7 nitrogen and oxygen atoms in total. The second-order valence-corrected chi connectivity index (χ2v) is 7.33. The van der Waals surface area contributed by atoms with E-state index in [1.807, 2.05) is 0 Å². The number of benzene rings is 1. The van der Waals surface area contributed by atoms with E-state index in [1.165, 1.54) is 0 Å². The second-order valence-electron chi connectivity index (χ2n) is 7.33. The lowest BCUT2D eigenvalue weighted by atomic mass is 10.1.